The molecule has 1 aromatic carbocycles. The van der Waals surface area contributed by atoms with Crippen LogP contribution < -0.4 is 5.32 Å². The molecule has 2 aliphatic heterocycles. The third kappa shape index (κ3) is 5.20. The quantitative estimate of drug-likeness (QED) is 0.590. The number of aromatic nitrogens is 1. The number of carboxylic acids is 1. The van der Waals surface area contributed by atoms with Crippen molar-refractivity contribution >= 4 is 11.8 Å². The molecule has 0 aliphatic carbocycles. The fourth-order valence-electron chi connectivity index (χ4n) is 4.90. The first-order valence-electron chi connectivity index (χ1n) is 11.4. The van der Waals surface area contributed by atoms with Gasteiger partial charge >= 0.3 is 5.97 Å². The van der Waals surface area contributed by atoms with E-state index >= 15 is 0 Å². The largest absolute Gasteiger partial charge is 0.480 e. The van der Waals surface area contributed by atoms with Crippen molar-refractivity contribution in [2.24, 2.45) is 5.92 Å². The zero-order valence-corrected chi connectivity index (χ0v) is 17.7. The Morgan fingerprint density at radius 2 is 2.03 bits per heavy atom. The average Bonchev–Trinajstić information content (AvgIpc) is 3.22. The van der Waals surface area contributed by atoms with Gasteiger partial charge in [0, 0.05) is 18.8 Å². The molecule has 1 aromatic heterocycles. The Bertz CT molecular complexity index is 840. The summed E-state index contributed by atoms with van der Waals surface area (Å²) in [4.78, 5) is 18.8. The molecule has 0 amide bonds. The second kappa shape index (κ2) is 10.1. The third-order valence-electron chi connectivity index (χ3n) is 6.53. The molecule has 2 atom stereocenters. The highest BCUT2D eigenvalue weighted by Crippen LogP contribution is 2.30. The van der Waals surface area contributed by atoms with Crippen LogP contribution in [0.1, 0.15) is 61.4 Å². The van der Waals surface area contributed by atoms with Crippen LogP contribution in [0.25, 0.3) is 0 Å². The maximum Gasteiger partial charge on any atom is 0.325 e. The lowest BCUT2D eigenvalue weighted by Gasteiger charge is -2.24. The number of unbranched alkanes of at least 4 members (excludes halogenated alkanes) is 2. The highest BCUT2D eigenvalue weighted by Gasteiger charge is 2.33. The molecule has 0 spiro atoms. The van der Waals surface area contributed by atoms with Crippen LogP contribution in [0, 0.1) is 5.92 Å². The van der Waals surface area contributed by atoms with Gasteiger partial charge in [0.1, 0.15) is 11.9 Å². The van der Waals surface area contributed by atoms with E-state index in [1.807, 2.05) is 30.3 Å². The second-order valence-corrected chi connectivity index (χ2v) is 8.74. The molecule has 2 aliphatic rings. The van der Waals surface area contributed by atoms with Crippen molar-refractivity contribution in [3.8, 4) is 0 Å². The minimum atomic E-state index is -0.742. The molecule has 2 aromatic rings. The summed E-state index contributed by atoms with van der Waals surface area (Å²) in [6.45, 7) is 2.81. The predicted molar refractivity (Wildman–Crippen MR) is 120 cm³/mol. The van der Waals surface area contributed by atoms with Gasteiger partial charge in [0.2, 0.25) is 0 Å². The van der Waals surface area contributed by atoms with Crippen molar-refractivity contribution in [3.63, 3.8) is 0 Å². The van der Waals surface area contributed by atoms with E-state index in [-0.39, 0.29) is 0 Å². The van der Waals surface area contributed by atoms with Crippen LogP contribution in [0.5, 0.6) is 0 Å². The number of carboxylic acid groups (broad SMARTS) is 1. The van der Waals surface area contributed by atoms with Crippen LogP contribution in [-0.4, -0.2) is 40.6 Å². The van der Waals surface area contributed by atoms with E-state index in [9.17, 15) is 9.90 Å². The topological polar surface area (TPSA) is 65.5 Å². The molecule has 1 saturated heterocycles. The maximum absolute atomic E-state index is 11.9. The Hall–Kier alpha value is -2.40. The minimum absolute atomic E-state index is 0.514. The first-order valence-corrected chi connectivity index (χ1v) is 11.4. The molecule has 2 N–H and O–H groups in total. The van der Waals surface area contributed by atoms with Crippen molar-refractivity contribution in [3.05, 3.63) is 59.3 Å². The van der Waals surface area contributed by atoms with Crippen molar-refractivity contribution in [1.82, 2.24) is 9.88 Å². The predicted octanol–water partition coefficient (Wildman–Crippen LogP) is 4.69. The number of pyridine rings is 1. The summed E-state index contributed by atoms with van der Waals surface area (Å²) in [5.74, 6) is 0.965. The van der Waals surface area contributed by atoms with Crippen molar-refractivity contribution < 1.29 is 9.90 Å². The number of nitrogens with zero attached hydrogens (tertiary/aromatic N) is 2. The molecule has 0 unspecified atom stereocenters. The first-order chi connectivity index (χ1) is 14.7. The summed E-state index contributed by atoms with van der Waals surface area (Å²) in [5, 5.41) is 13.2. The van der Waals surface area contributed by atoms with Gasteiger partial charge in [-0.1, -0.05) is 49.2 Å². The Kier molecular flexibility index (Phi) is 7.00. The number of nitrogens with one attached hydrogen (secondary N) is 1. The molecular formula is C25H33N3O2. The molecule has 0 bridgehead atoms. The van der Waals surface area contributed by atoms with E-state index < -0.39 is 12.0 Å². The van der Waals surface area contributed by atoms with Crippen LogP contribution in [0.3, 0.4) is 0 Å². The molecule has 30 heavy (non-hydrogen) atoms. The Labute approximate surface area is 179 Å². The number of likely N-dealkylation sites (tertiary alicyclic amines) is 1. The summed E-state index contributed by atoms with van der Waals surface area (Å²) < 4.78 is 0. The highest BCUT2D eigenvalue weighted by atomic mass is 16.4. The summed E-state index contributed by atoms with van der Waals surface area (Å²) >= 11 is 0. The standard InChI is InChI=1S/C25H33N3O2/c29-25(30)23(20-9-4-2-5-10-20)28-17-15-19(18-28)8-3-1-6-12-22-14-13-21-11-7-16-26-24(21)27-22/h2,4-5,9-10,13-14,19,23H,1,3,6-8,11-12,15-18H2,(H,26,27)(H,29,30)/t19-,23-/m1/s1. The Morgan fingerprint density at radius 1 is 1.17 bits per heavy atom. The van der Waals surface area contributed by atoms with E-state index in [1.54, 1.807) is 0 Å². The van der Waals surface area contributed by atoms with Gasteiger partial charge in [-0.05, 0) is 68.2 Å². The number of fused-ring (bicyclic) bond motifs is 1. The normalized spacial score (nSPS) is 19.8. The van der Waals surface area contributed by atoms with Gasteiger partial charge in [0.05, 0.1) is 0 Å². The number of hydrogen-bond acceptors (Lipinski definition) is 4. The van der Waals surface area contributed by atoms with Crippen LogP contribution in [0.15, 0.2) is 42.5 Å². The average molecular weight is 408 g/mol. The van der Waals surface area contributed by atoms with Gasteiger partial charge in [0.15, 0.2) is 0 Å². The van der Waals surface area contributed by atoms with Gasteiger partial charge in [-0.2, -0.15) is 0 Å². The number of rotatable bonds is 9. The maximum atomic E-state index is 11.9. The van der Waals surface area contributed by atoms with Crippen LogP contribution in [-0.2, 0) is 17.6 Å². The number of carbonyl (C=O) groups is 1. The van der Waals surface area contributed by atoms with Crippen molar-refractivity contribution in [1.29, 1.82) is 0 Å². The van der Waals surface area contributed by atoms with Gasteiger partial charge in [-0.15, -0.1) is 0 Å². The van der Waals surface area contributed by atoms with E-state index in [0.29, 0.717) is 5.92 Å². The number of hydrogen-bond donors (Lipinski definition) is 2. The number of benzene rings is 1. The molecule has 3 heterocycles. The lowest BCUT2D eigenvalue weighted by molar-refractivity contribution is -0.143. The molecule has 5 heteroatoms. The monoisotopic (exact) mass is 407 g/mol. The number of aliphatic carboxylic acids is 1. The van der Waals surface area contributed by atoms with E-state index in [2.05, 4.69) is 22.3 Å². The summed E-state index contributed by atoms with van der Waals surface area (Å²) in [5.41, 5.74) is 3.44. The highest BCUT2D eigenvalue weighted by molar-refractivity contribution is 5.75. The molecule has 160 valence electrons. The van der Waals surface area contributed by atoms with Gasteiger partial charge in [-0.3, -0.25) is 9.69 Å². The summed E-state index contributed by atoms with van der Waals surface area (Å²) in [6.07, 6.45) is 9.27. The lowest BCUT2D eigenvalue weighted by Crippen LogP contribution is -2.32. The van der Waals surface area contributed by atoms with E-state index in [4.69, 9.17) is 4.98 Å². The minimum Gasteiger partial charge on any atom is -0.480 e. The van der Waals surface area contributed by atoms with E-state index in [1.165, 1.54) is 43.4 Å². The van der Waals surface area contributed by atoms with Crippen molar-refractivity contribution in [2.45, 2.75) is 57.4 Å². The van der Waals surface area contributed by atoms with Gasteiger partial charge in [-0.25, -0.2) is 4.98 Å². The fourth-order valence-corrected chi connectivity index (χ4v) is 4.90. The second-order valence-electron chi connectivity index (χ2n) is 8.74. The van der Waals surface area contributed by atoms with Gasteiger partial charge < -0.3 is 10.4 Å². The molecule has 4 rings (SSSR count). The Morgan fingerprint density at radius 3 is 2.87 bits per heavy atom. The zero-order valence-electron chi connectivity index (χ0n) is 17.7. The number of aryl methyl sites for hydroxylation is 2. The third-order valence-corrected chi connectivity index (χ3v) is 6.53. The Balaban J connectivity index is 1.19. The van der Waals surface area contributed by atoms with Gasteiger partial charge in [0.25, 0.3) is 0 Å². The fraction of sp³-hybridized carbons (Fsp3) is 0.520. The SMILES string of the molecule is O=C(O)[C@@H](c1ccccc1)N1CC[C@@H](CCCCCc2ccc3c(n2)NCCC3)C1. The number of anilines is 1. The molecule has 5 nitrogen and oxygen atoms in total. The molecular weight excluding hydrogens is 374 g/mol. The molecule has 0 saturated carbocycles. The lowest BCUT2D eigenvalue weighted by atomic mass is 9.99. The van der Waals surface area contributed by atoms with Crippen molar-refractivity contribution in [2.75, 3.05) is 25.0 Å². The smallest absolute Gasteiger partial charge is 0.325 e. The zero-order chi connectivity index (χ0) is 20.8. The summed E-state index contributed by atoms with van der Waals surface area (Å²) in [7, 11) is 0. The molecule has 1 fully saturated rings. The first kappa shape index (κ1) is 20.9. The summed E-state index contributed by atoms with van der Waals surface area (Å²) in [6, 6.07) is 13.6. The van der Waals surface area contributed by atoms with Crippen LogP contribution >= 0.6 is 0 Å². The molecule has 0 radical (unpaired) electrons. The van der Waals surface area contributed by atoms with Crippen LogP contribution in [0.2, 0.25) is 0 Å². The van der Waals surface area contributed by atoms with Crippen LogP contribution in [0.4, 0.5) is 5.82 Å². The van der Waals surface area contributed by atoms with E-state index in [0.717, 1.165) is 50.3 Å².